The number of benzene rings is 2. The van der Waals surface area contributed by atoms with Gasteiger partial charge in [-0.1, -0.05) is 0 Å². The molecule has 2 amide bonds. The van der Waals surface area contributed by atoms with Crippen molar-refractivity contribution >= 4 is 33.2 Å². The molecule has 0 unspecified atom stereocenters. The summed E-state index contributed by atoms with van der Waals surface area (Å²) in [6.45, 7) is 0.375. The second kappa shape index (κ2) is 9.15. The molecule has 0 aliphatic carbocycles. The second-order valence-electron chi connectivity index (χ2n) is 6.38. The van der Waals surface area contributed by atoms with Gasteiger partial charge in [-0.2, -0.15) is 22.7 Å². The Balaban J connectivity index is 2.21. The number of hydrogen-bond donors (Lipinski definition) is 2. The van der Waals surface area contributed by atoms with Crippen LogP contribution in [0.4, 0.5) is 24.5 Å². The number of sulfonamides is 1. The molecule has 0 saturated carbocycles. The molecule has 2 aromatic rings. The predicted octanol–water partition coefficient (Wildman–Crippen LogP) is 2.79. The Bertz CT molecular complexity index is 1140. The molecule has 164 valence electrons. The van der Waals surface area contributed by atoms with Crippen molar-refractivity contribution in [2.24, 2.45) is 0 Å². The Kier molecular flexibility index (Phi) is 7.04. The molecular weight excluding hydrogens is 437 g/mol. The van der Waals surface area contributed by atoms with Crippen LogP contribution >= 0.6 is 0 Å². The van der Waals surface area contributed by atoms with Gasteiger partial charge in [0.05, 0.1) is 34.3 Å². The molecule has 8 nitrogen and oxygen atoms in total. The highest BCUT2D eigenvalue weighted by Gasteiger charge is 2.34. The van der Waals surface area contributed by atoms with Gasteiger partial charge in [0.15, 0.2) is 0 Å². The first-order valence-corrected chi connectivity index (χ1v) is 10.0. The Morgan fingerprint density at radius 1 is 1.10 bits per heavy atom. The topological polar surface area (TPSA) is 119 Å². The number of nitrogens with one attached hydrogen (secondary N) is 2. The quantitative estimate of drug-likeness (QED) is 0.696. The number of amides is 2. The van der Waals surface area contributed by atoms with E-state index in [9.17, 15) is 31.2 Å². The zero-order valence-corrected chi connectivity index (χ0v) is 17.1. The standard InChI is InChI=1S/C19H17F3N4O4S/c1-12(27)24-14-5-8-17(16(9-14)19(20,21)22)25-18(28)11-26(2)31(29,30)15-6-3-13(10-23)4-7-15/h3-9H,11H2,1-2H3,(H,24,27)(H,25,28). The molecule has 0 fully saturated rings. The average Bonchev–Trinajstić information content (AvgIpc) is 2.67. The first-order chi connectivity index (χ1) is 14.3. The van der Waals surface area contributed by atoms with Crippen molar-refractivity contribution < 1.29 is 31.2 Å². The smallest absolute Gasteiger partial charge is 0.326 e. The van der Waals surface area contributed by atoms with Gasteiger partial charge in [-0.15, -0.1) is 0 Å². The molecule has 0 radical (unpaired) electrons. The van der Waals surface area contributed by atoms with E-state index in [1.54, 1.807) is 0 Å². The number of carbonyl (C=O) groups is 2. The number of anilines is 2. The Morgan fingerprint density at radius 2 is 1.71 bits per heavy atom. The predicted molar refractivity (Wildman–Crippen MR) is 105 cm³/mol. The minimum atomic E-state index is -4.84. The lowest BCUT2D eigenvalue weighted by molar-refractivity contribution is -0.137. The molecule has 0 spiro atoms. The molecule has 0 heterocycles. The van der Waals surface area contributed by atoms with Crippen LogP contribution in [0.5, 0.6) is 0 Å². The molecule has 0 aliphatic rings. The van der Waals surface area contributed by atoms with Crippen molar-refractivity contribution in [3.05, 3.63) is 53.6 Å². The minimum absolute atomic E-state index is 0.113. The van der Waals surface area contributed by atoms with E-state index in [-0.39, 0.29) is 16.1 Å². The lowest BCUT2D eigenvalue weighted by atomic mass is 10.1. The van der Waals surface area contributed by atoms with Gasteiger partial charge < -0.3 is 10.6 Å². The van der Waals surface area contributed by atoms with Crippen LogP contribution in [0, 0.1) is 11.3 Å². The maximum absolute atomic E-state index is 13.4. The lowest BCUT2D eigenvalue weighted by Crippen LogP contribution is -2.35. The van der Waals surface area contributed by atoms with Crippen molar-refractivity contribution in [1.29, 1.82) is 5.26 Å². The molecule has 2 rings (SSSR count). The highest BCUT2D eigenvalue weighted by Crippen LogP contribution is 2.36. The average molecular weight is 454 g/mol. The first kappa shape index (κ1) is 23.8. The molecule has 2 N–H and O–H groups in total. The Morgan fingerprint density at radius 3 is 2.23 bits per heavy atom. The summed E-state index contributed by atoms with van der Waals surface area (Å²) in [5.41, 5.74) is -1.67. The van der Waals surface area contributed by atoms with Crippen LogP contribution in [0.2, 0.25) is 0 Å². The number of hydrogen-bond acceptors (Lipinski definition) is 5. The van der Waals surface area contributed by atoms with Gasteiger partial charge in [-0.25, -0.2) is 8.42 Å². The molecule has 31 heavy (non-hydrogen) atoms. The zero-order chi connectivity index (χ0) is 23.4. The number of nitriles is 1. The molecule has 12 heteroatoms. The number of carbonyl (C=O) groups excluding carboxylic acids is 2. The first-order valence-electron chi connectivity index (χ1n) is 8.60. The SMILES string of the molecule is CC(=O)Nc1ccc(NC(=O)CN(C)S(=O)(=O)c2ccc(C#N)cc2)c(C(F)(F)F)c1. The number of alkyl halides is 3. The van der Waals surface area contributed by atoms with Crippen molar-refractivity contribution in [3.8, 4) is 6.07 Å². The summed E-state index contributed by atoms with van der Waals surface area (Å²) in [4.78, 5) is 23.1. The number of halogens is 3. The maximum atomic E-state index is 13.4. The molecule has 2 aromatic carbocycles. The van der Waals surface area contributed by atoms with E-state index < -0.39 is 45.8 Å². The van der Waals surface area contributed by atoms with Crippen molar-refractivity contribution in [3.63, 3.8) is 0 Å². The van der Waals surface area contributed by atoms with E-state index in [2.05, 4.69) is 5.32 Å². The van der Waals surface area contributed by atoms with Gasteiger partial charge in [0.1, 0.15) is 0 Å². The van der Waals surface area contributed by atoms with Crippen molar-refractivity contribution in [1.82, 2.24) is 4.31 Å². The summed E-state index contributed by atoms with van der Waals surface area (Å²) in [6, 6.07) is 9.57. The normalized spacial score (nSPS) is 11.6. The van der Waals surface area contributed by atoms with Crippen LogP contribution < -0.4 is 10.6 Å². The molecule has 0 atom stereocenters. The van der Waals surface area contributed by atoms with Crippen molar-refractivity contribution in [2.45, 2.75) is 18.0 Å². The van der Waals surface area contributed by atoms with Crippen LogP contribution in [0.15, 0.2) is 47.4 Å². The second-order valence-corrected chi connectivity index (χ2v) is 8.43. The van der Waals surface area contributed by atoms with E-state index >= 15 is 0 Å². The van der Waals surface area contributed by atoms with Crippen LogP contribution in [-0.2, 0) is 25.8 Å². The fraction of sp³-hybridized carbons (Fsp3) is 0.211. The summed E-state index contributed by atoms with van der Waals surface area (Å²) in [5, 5.41) is 13.0. The minimum Gasteiger partial charge on any atom is -0.326 e. The molecule has 0 aliphatic heterocycles. The highest BCUT2D eigenvalue weighted by molar-refractivity contribution is 7.89. The number of rotatable bonds is 6. The van der Waals surface area contributed by atoms with Gasteiger partial charge in [0, 0.05) is 19.7 Å². The third-order valence-electron chi connectivity index (χ3n) is 3.98. The largest absolute Gasteiger partial charge is 0.418 e. The highest BCUT2D eigenvalue weighted by atomic mass is 32.2. The van der Waals surface area contributed by atoms with Crippen molar-refractivity contribution in [2.75, 3.05) is 24.2 Å². The lowest BCUT2D eigenvalue weighted by Gasteiger charge is -2.19. The fourth-order valence-corrected chi connectivity index (χ4v) is 3.65. The number of nitrogens with zero attached hydrogens (tertiary/aromatic N) is 2. The third kappa shape index (κ3) is 6.03. The monoisotopic (exact) mass is 454 g/mol. The van der Waals surface area contributed by atoms with E-state index in [0.29, 0.717) is 10.4 Å². The summed E-state index contributed by atoms with van der Waals surface area (Å²) >= 11 is 0. The summed E-state index contributed by atoms with van der Waals surface area (Å²) in [5.74, 6) is -1.57. The van der Waals surface area contributed by atoms with Crippen LogP contribution in [-0.4, -0.2) is 38.1 Å². The number of likely N-dealkylation sites (N-methyl/N-ethyl adjacent to an activating group) is 1. The molecule has 0 aromatic heterocycles. The van der Waals surface area contributed by atoms with Gasteiger partial charge in [-0.3, -0.25) is 9.59 Å². The summed E-state index contributed by atoms with van der Waals surface area (Å²) < 4.78 is 65.8. The van der Waals surface area contributed by atoms with Crippen LogP contribution in [0.25, 0.3) is 0 Å². The maximum Gasteiger partial charge on any atom is 0.418 e. The summed E-state index contributed by atoms with van der Waals surface area (Å²) in [6.07, 6.45) is -4.84. The van der Waals surface area contributed by atoms with Gasteiger partial charge in [-0.05, 0) is 42.5 Å². The summed E-state index contributed by atoms with van der Waals surface area (Å²) in [7, 11) is -3.02. The Hall–Kier alpha value is -3.43. The molecule has 0 saturated heterocycles. The van der Waals surface area contributed by atoms with E-state index in [1.807, 2.05) is 11.4 Å². The molecule has 0 bridgehead atoms. The molecular formula is C19H17F3N4O4S. The van der Waals surface area contributed by atoms with E-state index in [4.69, 9.17) is 5.26 Å². The van der Waals surface area contributed by atoms with Crippen LogP contribution in [0.1, 0.15) is 18.1 Å². The zero-order valence-electron chi connectivity index (χ0n) is 16.3. The third-order valence-corrected chi connectivity index (χ3v) is 5.79. The van der Waals surface area contributed by atoms with Gasteiger partial charge in [0.2, 0.25) is 21.8 Å². The van der Waals surface area contributed by atoms with Gasteiger partial charge >= 0.3 is 6.18 Å². The van der Waals surface area contributed by atoms with E-state index in [0.717, 1.165) is 20.0 Å². The van der Waals surface area contributed by atoms with Crippen LogP contribution in [0.3, 0.4) is 0 Å². The van der Waals surface area contributed by atoms with E-state index in [1.165, 1.54) is 30.3 Å². The fourth-order valence-electron chi connectivity index (χ4n) is 2.53. The Labute approximate surface area is 176 Å². The van der Waals surface area contributed by atoms with Gasteiger partial charge in [0.25, 0.3) is 0 Å².